The average Bonchev–Trinajstić information content (AvgIpc) is 3.12. The largest absolute Gasteiger partial charge is 0.488 e. The van der Waals surface area contributed by atoms with E-state index in [9.17, 15) is 13.6 Å². The van der Waals surface area contributed by atoms with E-state index >= 15 is 0 Å². The van der Waals surface area contributed by atoms with Crippen LogP contribution in [-0.4, -0.2) is 40.3 Å². The number of carbonyl (C=O) groups excluding carboxylic acids is 1. The zero-order valence-electron chi connectivity index (χ0n) is 11.9. The Balaban J connectivity index is 1.62. The molecular formula is C15H15F2N3O2. The number of likely N-dealkylation sites (N-methyl/N-ethyl adjacent to an activating group) is 1. The van der Waals surface area contributed by atoms with Crippen molar-refractivity contribution in [1.82, 2.24) is 14.7 Å². The Morgan fingerprint density at radius 2 is 2.23 bits per heavy atom. The molecule has 0 fully saturated rings. The van der Waals surface area contributed by atoms with E-state index in [1.54, 1.807) is 7.05 Å². The molecular weight excluding hydrogens is 292 g/mol. The normalized spacial score (nSPS) is 16.5. The SMILES string of the molecule is CN(C[C@H]1Cc2ccccc2O1)C(=O)c1ccn(C(F)F)n1. The quantitative estimate of drug-likeness (QED) is 0.871. The summed E-state index contributed by atoms with van der Waals surface area (Å²) < 4.78 is 31.2. The Bertz CT molecular complexity index is 662. The number of hydrogen-bond acceptors (Lipinski definition) is 3. The third-order valence-electron chi connectivity index (χ3n) is 3.57. The van der Waals surface area contributed by atoms with E-state index in [0.717, 1.165) is 23.9 Å². The zero-order chi connectivity index (χ0) is 15.7. The van der Waals surface area contributed by atoms with Crippen LogP contribution in [-0.2, 0) is 6.42 Å². The maximum atomic E-state index is 12.5. The van der Waals surface area contributed by atoms with Crippen molar-refractivity contribution in [2.75, 3.05) is 13.6 Å². The molecule has 3 rings (SSSR count). The monoisotopic (exact) mass is 307 g/mol. The second kappa shape index (κ2) is 5.75. The maximum absolute atomic E-state index is 12.5. The van der Waals surface area contributed by atoms with Gasteiger partial charge in [-0.2, -0.15) is 13.9 Å². The highest BCUT2D eigenvalue weighted by Gasteiger charge is 2.26. The van der Waals surface area contributed by atoms with Gasteiger partial charge in [0.15, 0.2) is 5.69 Å². The molecule has 0 saturated carbocycles. The van der Waals surface area contributed by atoms with Gasteiger partial charge in [0.25, 0.3) is 5.91 Å². The number of nitrogens with zero attached hydrogens (tertiary/aromatic N) is 3. The van der Waals surface area contributed by atoms with Gasteiger partial charge in [-0.3, -0.25) is 4.79 Å². The summed E-state index contributed by atoms with van der Waals surface area (Å²) >= 11 is 0. The summed E-state index contributed by atoms with van der Waals surface area (Å²) in [5.41, 5.74) is 1.11. The number of alkyl halides is 2. The molecule has 0 unspecified atom stereocenters. The topological polar surface area (TPSA) is 47.4 Å². The third kappa shape index (κ3) is 2.79. The van der Waals surface area contributed by atoms with Gasteiger partial charge in [-0.15, -0.1) is 0 Å². The third-order valence-corrected chi connectivity index (χ3v) is 3.57. The molecule has 1 aromatic heterocycles. The lowest BCUT2D eigenvalue weighted by Crippen LogP contribution is -2.36. The van der Waals surface area contributed by atoms with Crippen molar-refractivity contribution in [3.8, 4) is 5.75 Å². The number of para-hydroxylation sites is 1. The fourth-order valence-corrected chi connectivity index (χ4v) is 2.50. The van der Waals surface area contributed by atoms with E-state index in [-0.39, 0.29) is 11.8 Å². The summed E-state index contributed by atoms with van der Waals surface area (Å²) in [6.45, 7) is -2.38. The lowest BCUT2D eigenvalue weighted by atomic mass is 10.1. The molecule has 1 aromatic carbocycles. The smallest absolute Gasteiger partial charge is 0.333 e. The molecule has 0 aliphatic carbocycles. The van der Waals surface area contributed by atoms with Gasteiger partial charge in [-0.05, 0) is 17.7 Å². The fourth-order valence-electron chi connectivity index (χ4n) is 2.50. The van der Waals surface area contributed by atoms with Gasteiger partial charge in [0.05, 0.1) is 6.54 Å². The molecule has 0 N–H and O–H groups in total. The number of benzene rings is 1. The molecule has 0 spiro atoms. The lowest BCUT2D eigenvalue weighted by molar-refractivity contribution is 0.0549. The van der Waals surface area contributed by atoms with Gasteiger partial charge in [-0.1, -0.05) is 18.2 Å². The molecule has 7 heteroatoms. The minimum atomic E-state index is -2.75. The Morgan fingerprint density at radius 1 is 1.45 bits per heavy atom. The Labute approximate surface area is 126 Å². The van der Waals surface area contributed by atoms with Crippen molar-refractivity contribution in [3.05, 3.63) is 47.8 Å². The highest BCUT2D eigenvalue weighted by molar-refractivity contribution is 5.92. The fraction of sp³-hybridized carbons (Fsp3) is 0.333. The number of rotatable bonds is 4. The van der Waals surface area contributed by atoms with Gasteiger partial charge in [0.2, 0.25) is 0 Å². The van der Waals surface area contributed by atoms with Crippen LogP contribution in [0.5, 0.6) is 5.75 Å². The molecule has 5 nitrogen and oxygen atoms in total. The van der Waals surface area contributed by atoms with Gasteiger partial charge < -0.3 is 9.64 Å². The van der Waals surface area contributed by atoms with Crippen molar-refractivity contribution in [3.63, 3.8) is 0 Å². The van der Waals surface area contributed by atoms with E-state index < -0.39 is 12.5 Å². The van der Waals surface area contributed by atoms with Crippen LogP contribution < -0.4 is 4.74 Å². The first-order valence-electron chi connectivity index (χ1n) is 6.88. The van der Waals surface area contributed by atoms with E-state index in [4.69, 9.17) is 4.74 Å². The molecule has 0 bridgehead atoms. The molecule has 0 radical (unpaired) electrons. The van der Waals surface area contributed by atoms with Crippen LogP contribution in [0.2, 0.25) is 0 Å². The highest BCUT2D eigenvalue weighted by atomic mass is 19.3. The number of halogens is 2. The molecule has 1 aliphatic rings. The number of carbonyl (C=O) groups is 1. The van der Waals surface area contributed by atoms with Crippen LogP contribution in [0.4, 0.5) is 8.78 Å². The molecule has 2 heterocycles. The van der Waals surface area contributed by atoms with E-state index in [1.165, 1.54) is 11.0 Å². The number of hydrogen-bond donors (Lipinski definition) is 0. The first-order chi connectivity index (χ1) is 10.5. The van der Waals surface area contributed by atoms with Crippen molar-refractivity contribution in [2.24, 2.45) is 0 Å². The first kappa shape index (κ1) is 14.5. The second-order valence-corrected chi connectivity index (χ2v) is 5.20. The number of aromatic nitrogens is 2. The standard InChI is InChI=1S/C15H15F2N3O2/c1-19(14(21)12-6-7-20(18-12)15(16)17)9-11-8-10-4-2-3-5-13(10)22-11/h2-7,11,15H,8-9H2,1H3/t11-/m1/s1. The predicted octanol–water partition coefficient (Wildman–Crippen LogP) is 2.35. The predicted molar refractivity (Wildman–Crippen MR) is 75.0 cm³/mol. The number of amides is 1. The van der Waals surface area contributed by atoms with Crippen LogP contribution in [0.25, 0.3) is 0 Å². The molecule has 0 saturated heterocycles. The average molecular weight is 307 g/mol. The summed E-state index contributed by atoms with van der Waals surface area (Å²) in [6, 6.07) is 9.00. The van der Waals surface area contributed by atoms with Crippen LogP contribution in [0.3, 0.4) is 0 Å². The van der Waals surface area contributed by atoms with Crippen LogP contribution in [0.15, 0.2) is 36.5 Å². The number of fused-ring (bicyclic) bond motifs is 1. The molecule has 1 amide bonds. The van der Waals surface area contributed by atoms with Gasteiger partial charge >= 0.3 is 6.55 Å². The molecule has 1 atom stereocenters. The van der Waals surface area contributed by atoms with Gasteiger partial charge in [0, 0.05) is 19.7 Å². The lowest BCUT2D eigenvalue weighted by Gasteiger charge is -2.20. The van der Waals surface area contributed by atoms with E-state index in [2.05, 4.69) is 5.10 Å². The van der Waals surface area contributed by atoms with Crippen LogP contribution >= 0.6 is 0 Å². The van der Waals surface area contributed by atoms with Gasteiger partial charge in [-0.25, -0.2) is 4.68 Å². The molecule has 2 aromatic rings. The van der Waals surface area contributed by atoms with Crippen molar-refractivity contribution < 1.29 is 18.3 Å². The van der Waals surface area contributed by atoms with Crippen LogP contribution in [0.1, 0.15) is 22.6 Å². The molecule has 1 aliphatic heterocycles. The zero-order valence-corrected chi connectivity index (χ0v) is 11.9. The minimum absolute atomic E-state index is 0.00156. The summed E-state index contributed by atoms with van der Waals surface area (Å²) in [4.78, 5) is 13.6. The van der Waals surface area contributed by atoms with Crippen molar-refractivity contribution in [1.29, 1.82) is 0 Å². The maximum Gasteiger partial charge on any atom is 0.333 e. The molecule has 116 valence electrons. The molecule has 22 heavy (non-hydrogen) atoms. The van der Waals surface area contributed by atoms with Crippen LogP contribution in [0, 0.1) is 0 Å². The number of ether oxygens (including phenoxy) is 1. The van der Waals surface area contributed by atoms with E-state index in [0.29, 0.717) is 11.2 Å². The van der Waals surface area contributed by atoms with E-state index in [1.807, 2.05) is 24.3 Å². The van der Waals surface area contributed by atoms with Gasteiger partial charge in [0.1, 0.15) is 11.9 Å². The Hall–Kier alpha value is -2.44. The Kier molecular flexibility index (Phi) is 3.79. The minimum Gasteiger partial charge on any atom is -0.488 e. The van der Waals surface area contributed by atoms with Crippen molar-refractivity contribution >= 4 is 5.91 Å². The first-order valence-corrected chi connectivity index (χ1v) is 6.88. The summed E-state index contributed by atoms with van der Waals surface area (Å²) in [6.07, 6.45) is 1.68. The van der Waals surface area contributed by atoms with Crippen molar-refractivity contribution in [2.45, 2.75) is 19.1 Å². The summed E-state index contributed by atoms with van der Waals surface area (Å²) in [7, 11) is 1.61. The Morgan fingerprint density at radius 3 is 2.91 bits per heavy atom. The summed E-state index contributed by atoms with van der Waals surface area (Å²) in [5, 5.41) is 3.58. The second-order valence-electron chi connectivity index (χ2n) is 5.20. The summed E-state index contributed by atoms with van der Waals surface area (Å²) in [5.74, 6) is 0.425. The highest BCUT2D eigenvalue weighted by Crippen LogP contribution is 2.28.